The number of aryl methyl sites for hydroxylation is 3. The van der Waals surface area contributed by atoms with Crippen LogP contribution in [0.4, 0.5) is 11.4 Å². The molecule has 0 saturated carbocycles. The second-order valence-electron chi connectivity index (χ2n) is 5.74. The molecule has 0 saturated heterocycles. The van der Waals surface area contributed by atoms with E-state index >= 15 is 0 Å². The molecule has 2 N–H and O–H groups in total. The van der Waals surface area contributed by atoms with E-state index in [1.165, 1.54) is 7.11 Å². The number of rotatable bonds is 5. The Balaban J connectivity index is 2.02. The van der Waals surface area contributed by atoms with E-state index in [2.05, 4.69) is 10.6 Å². The van der Waals surface area contributed by atoms with Gasteiger partial charge >= 0.3 is 0 Å². The first-order valence-electron chi connectivity index (χ1n) is 7.71. The van der Waals surface area contributed by atoms with Gasteiger partial charge in [0, 0.05) is 5.69 Å². The van der Waals surface area contributed by atoms with Crippen LogP contribution in [0.2, 0.25) is 0 Å². The third-order valence-electron chi connectivity index (χ3n) is 3.70. The van der Waals surface area contributed by atoms with Crippen LogP contribution in [-0.2, 0) is 9.59 Å². The van der Waals surface area contributed by atoms with Crippen molar-refractivity contribution in [3.05, 3.63) is 53.1 Å². The van der Waals surface area contributed by atoms with Crippen LogP contribution in [0.3, 0.4) is 0 Å². The maximum atomic E-state index is 12.1. The summed E-state index contributed by atoms with van der Waals surface area (Å²) in [7, 11) is 1.54. The lowest BCUT2D eigenvalue weighted by Gasteiger charge is -2.13. The predicted octanol–water partition coefficient (Wildman–Crippen LogP) is 3.59. The molecule has 126 valence electrons. The number of amides is 2. The molecule has 0 aliphatic heterocycles. The van der Waals surface area contributed by atoms with Crippen molar-refractivity contribution in [3.8, 4) is 5.75 Å². The van der Waals surface area contributed by atoms with Crippen molar-refractivity contribution in [2.24, 2.45) is 0 Å². The van der Waals surface area contributed by atoms with Crippen molar-refractivity contribution in [2.75, 3.05) is 17.7 Å². The molecule has 0 heterocycles. The van der Waals surface area contributed by atoms with Crippen LogP contribution in [0, 0.1) is 20.8 Å². The summed E-state index contributed by atoms with van der Waals surface area (Å²) in [5, 5.41) is 5.53. The number of methoxy groups -OCH3 is 1. The van der Waals surface area contributed by atoms with Crippen LogP contribution >= 0.6 is 0 Å². The number of nitrogens with one attached hydrogen (secondary N) is 2. The Bertz CT molecular complexity index is 749. The number of para-hydroxylation sites is 1. The van der Waals surface area contributed by atoms with Crippen molar-refractivity contribution in [1.82, 2.24) is 0 Å². The maximum Gasteiger partial charge on any atom is 0.233 e. The van der Waals surface area contributed by atoms with Crippen molar-refractivity contribution in [3.63, 3.8) is 0 Å². The summed E-state index contributed by atoms with van der Waals surface area (Å²) >= 11 is 0. The minimum Gasteiger partial charge on any atom is -0.495 e. The van der Waals surface area contributed by atoms with Gasteiger partial charge in [-0.15, -0.1) is 0 Å². The van der Waals surface area contributed by atoms with Crippen LogP contribution < -0.4 is 15.4 Å². The Kier molecular flexibility index (Phi) is 5.58. The molecule has 0 spiro atoms. The lowest BCUT2D eigenvalue weighted by molar-refractivity contribution is -0.123. The number of hydrogen-bond acceptors (Lipinski definition) is 3. The number of ether oxygens (including phenoxy) is 1. The van der Waals surface area contributed by atoms with Crippen molar-refractivity contribution in [1.29, 1.82) is 0 Å². The fourth-order valence-electron chi connectivity index (χ4n) is 2.45. The van der Waals surface area contributed by atoms with Crippen LogP contribution in [0.25, 0.3) is 0 Å². The van der Waals surface area contributed by atoms with E-state index < -0.39 is 0 Å². The maximum absolute atomic E-state index is 12.1. The summed E-state index contributed by atoms with van der Waals surface area (Å²) in [6.07, 6.45) is -0.259. The van der Waals surface area contributed by atoms with Gasteiger partial charge in [0.05, 0.1) is 12.8 Å². The molecule has 5 heteroatoms. The number of hydrogen-bond donors (Lipinski definition) is 2. The predicted molar refractivity (Wildman–Crippen MR) is 95.5 cm³/mol. The minimum absolute atomic E-state index is 0.259. The van der Waals surface area contributed by atoms with Gasteiger partial charge in [-0.05, 0) is 49.6 Å². The van der Waals surface area contributed by atoms with Gasteiger partial charge in [-0.2, -0.15) is 0 Å². The molecule has 2 aromatic carbocycles. The normalized spacial score (nSPS) is 10.2. The highest BCUT2D eigenvalue weighted by molar-refractivity contribution is 6.08. The van der Waals surface area contributed by atoms with Gasteiger partial charge in [-0.3, -0.25) is 9.59 Å². The largest absolute Gasteiger partial charge is 0.495 e. The summed E-state index contributed by atoms with van der Waals surface area (Å²) in [5.41, 5.74) is 4.23. The van der Waals surface area contributed by atoms with Gasteiger partial charge in [0.25, 0.3) is 0 Å². The topological polar surface area (TPSA) is 67.4 Å². The lowest BCUT2D eigenvalue weighted by atomic mass is 10.1. The lowest BCUT2D eigenvalue weighted by Crippen LogP contribution is -2.22. The molecule has 0 unspecified atom stereocenters. The number of carbonyl (C=O) groups is 2. The molecule has 0 bridgehead atoms. The summed E-state index contributed by atoms with van der Waals surface area (Å²) in [4.78, 5) is 24.3. The average molecular weight is 326 g/mol. The first-order chi connectivity index (χ1) is 11.4. The standard InChI is InChI=1S/C19H22N2O3/c1-12-8-9-16(24-4)15(10-12)20-17(22)11-18(23)21-19-13(2)6-5-7-14(19)3/h5-10H,11H2,1-4H3,(H,20,22)(H,21,23). The van der Waals surface area contributed by atoms with Gasteiger partial charge in [0.2, 0.25) is 11.8 Å². The second-order valence-corrected chi connectivity index (χ2v) is 5.74. The molecule has 0 radical (unpaired) electrons. The fraction of sp³-hybridized carbons (Fsp3) is 0.263. The fourth-order valence-corrected chi connectivity index (χ4v) is 2.45. The molecule has 0 fully saturated rings. The summed E-state index contributed by atoms with van der Waals surface area (Å²) in [6, 6.07) is 11.2. The van der Waals surface area contributed by atoms with Crippen molar-refractivity contribution < 1.29 is 14.3 Å². The van der Waals surface area contributed by atoms with E-state index in [0.29, 0.717) is 11.4 Å². The van der Waals surface area contributed by atoms with E-state index in [0.717, 1.165) is 22.4 Å². The van der Waals surface area contributed by atoms with Crippen LogP contribution in [0.15, 0.2) is 36.4 Å². The molecule has 0 aromatic heterocycles. The van der Waals surface area contributed by atoms with E-state index in [-0.39, 0.29) is 18.2 Å². The number of benzene rings is 2. The highest BCUT2D eigenvalue weighted by Crippen LogP contribution is 2.25. The Morgan fingerprint density at radius 3 is 2.21 bits per heavy atom. The minimum atomic E-state index is -0.386. The molecular weight excluding hydrogens is 304 g/mol. The van der Waals surface area contributed by atoms with Gasteiger partial charge in [0.15, 0.2) is 0 Å². The van der Waals surface area contributed by atoms with Gasteiger partial charge in [-0.25, -0.2) is 0 Å². The smallest absolute Gasteiger partial charge is 0.233 e. The van der Waals surface area contributed by atoms with Crippen LogP contribution in [0.5, 0.6) is 5.75 Å². The average Bonchev–Trinajstić information content (AvgIpc) is 2.51. The van der Waals surface area contributed by atoms with E-state index in [1.807, 2.05) is 45.0 Å². The summed E-state index contributed by atoms with van der Waals surface area (Å²) in [5.74, 6) is -0.178. The molecule has 2 aromatic rings. The van der Waals surface area contributed by atoms with Crippen LogP contribution in [-0.4, -0.2) is 18.9 Å². The Morgan fingerprint density at radius 2 is 1.58 bits per heavy atom. The molecule has 2 rings (SSSR count). The Hall–Kier alpha value is -2.82. The van der Waals surface area contributed by atoms with Crippen LogP contribution in [0.1, 0.15) is 23.1 Å². The molecule has 0 aliphatic carbocycles. The second kappa shape index (κ2) is 7.64. The third kappa shape index (κ3) is 4.35. The summed E-state index contributed by atoms with van der Waals surface area (Å²) < 4.78 is 5.22. The monoisotopic (exact) mass is 326 g/mol. The van der Waals surface area contributed by atoms with E-state index in [1.54, 1.807) is 12.1 Å². The number of anilines is 2. The molecule has 0 aliphatic rings. The first kappa shape index (κ1) is 17.5. The van der Waals surface area contributed by atoms with Gasteiger partial charge in [0.1, 0.15) is 12.2 Å². The molecule has 0 atom stereocenters. The molecule has 5 nitrogen and oxygen atoms in total. The zero-order valence-electron chi connectivity index (χ0n) is 14.4. The summed E-state index contributed by atoms with van der Waals surface area (Å²) in [6.45, 7) is 5.75. The Labute approximate surface area is 142 Å². The highest BCUT2D eigenvalue weighted by Gasteiger charge is 2.14. The Morgan fingerprint density at radius 1 is 0.958 bits per heavy atom. The zero-order chi connectivity index (χ0) is 17.7. The molecule has 24 heavy (non-hydrogen) atoms. The van der Waals surface area contributed by atoms with Gasteiger partial charge in [-0.1, -0.05) is 24.3 Å². The highest BCUT2D eigenvalue weighted by atomic mass is 16.5. The SMILES string of the molecule is COc1ccc(C)cc1NC(=O)CC(=O)Nc1c(C)cccc1C. The van der Waals surface area contributed by atoms with E-state index in [9.17, 15) is 9.59 Å². The zero-order valence-corrected chi connectivity index (χ0v) is 14.4. The number of carbonyl (C=O) groups excluding carboxylic acids is 2. The van der Waals surface area contributed by atoms with E-state index in [4.69, 9.17) is 4.74 Å². The quantitative estimate of drug-likeness (QED) is 0.825. The van der Waals surface area contributed by atoms with Gasteiger partial charge < -0.3 is 15.4 Å². The molecular formula is C19H22N2O3. The van der Waals surface area contributed by atoms with Crippen molar-refractivity contribution in [2.45, 2.75) is 27.2 Å². The molecule has 2 amide bonds. The third-order valence-corrected chi connectivity index (χ3v) is 3.70. The van der Waals surface area contributed by atoms with Crippen molar-refractivity contribution >= 4 is 23.2 Å². The first-order valence-corrected chi connectivity index (χ1v) is 7.71.